The number of benzene rings is 1. The second-order valence-corrected chi connectivity index (χ2v) is 5.94. The molecule has 0 amide bonds. The molecule has 0 atom stereocenters. The van der Waals surface area contributed by atoms with E-state index in [-0.39, 0.29) is 11.1 Å². The Balaban J connectivity index is 2.29. The van der Waals surface area contributed by atoms with Gasteiger partial charge in [0, 0.05) is 18.7 Å². The molecule has 0 aliphatic heterocycles. The maximum Gasteiger partial charge on any atom is 0.225 e. The van der Waals surface area contributed by atoms with Crippen molar-refractivity contribution < 1.29 is 4.39 Å². The van der Waals surface area contributed by atoms with E-state index in [1.54, 1.807) is 13.1 Å². The van der Waals surface area contributed by atoms with Crippen LogP contribution in [0.5, 0.6) is 0 Å². The molecular formula is C15H16ClFN6. The zero-order valence-electron chi connectivity index (χ0n) is 12.9. The molecule has 0 aliphatic carbocycles. The first-order valence-corrected chi connectivity index (χ1v) is 7.46. The highest BCUT2D eigenvalue weighted by Gasteiger charge is 2.18. The molecule has 120 valence electrons. The molecule has 0 radical (unpaired) electrons. The molecule has 0 bridgehead atoms. The summed E-state index contributed by atoms with van der Waals surface area (Å²) in [5.41, 5.74) is 7.77. The minimum atomic E-state index is -0.486. The summed E-state index contributed by atoms with van der Waals surface area (Å²) in [4.78, 5) is 8.90. The van der Waals surface area contributed by atoms with E-state index >= 15 is 0 Å². The number of rotatable bonds is 3. The van der Waals surface area contributed by atoms with E-state index in [0.717, 1.165) is 0 Å². The lowest BCUT2D eigenvalue weighted by atomic mass is 10.1. The summed E-state index contributed by atoms with van der Waals surface area (Å²) in [7, 11) is 1.73. The second kappa shape index (κ2) is 5.66. The first-order chi connectivity index (χ1) is 10.9. The summed E-state index contributed by atoms with van der Waals surface area (Å²) < 4.78 is 15.0. The maximum absolute atomic E-state index is 13.4. The first kappa shape index (κ1) is 15.5. The lowest BCUT2D eigenvalue weighted by Gasteiger charge is -2.10. The Bertz CT molecular complexity index is 889. The van der Waals surface area contributed by atoms with Gasteiger partial charge in [-0.15, -0.1) is 0 Å². The van der Waals surface area contributed by atoms with E-state index in [4.69, 9.17) is 17.3 Å². The third kappa shape index (κ3) is 2.79. The molecule has 0 saturated heterocycles. The molecule has 23 heavy (non-hydrogen) atoms. The number of halogens is 2. The Labute approximate surface area is 137 Å². The first-order valence-electron chi connectivity index (χ1n) is 7.09. The molecular weight excluding hydrogens is 319 g/mol. The Morgan fingerprint density at radius 3 is 2.70 bits per heavy atom. The molecule has 0 spiro atoms. The van der Waals surface area contributed by atoms with Crippen molar-refractivity contribution in [1.29, 1.82) is 0 Å². The lowest BCUT2D eigenvalue weighted by Crippen LogP contribution is -2.13. The molecule has 0 saturated carbocycles. The fourth-order valence-electron chi connectivity index (χ4n) is 2.29. The van der Waals surface area contributed by atoms with Crippen LogP contribution in [0, 0.1) is 5.82 Å². The third-order valence-corrected chi connectivity index (χ3v) is 3.64. The van der Waals surface area contributed by atoms with Gasteiger partial charge in [0.2, 0.25) is 5.95 Å². The number of aryl methyl sites for hydroxylation is 1. The van der Waals surface area contributed by atoms with Crippen LogP contribution in [0.25, 0.3) is 22.3 Å². The number of fused-ring (bicyclic) bond motifs is 1. The predicted octanol–water partition coefficient (Wildman–Crippen LogP) is 3.23. The van der Waals surface area contributed by atoms with E-state index in [9.17, 15) is 4.39 Å². The van der Waals surface area contributed by atoms with Gasteiger partial charge in [0.15, 0.2) is 5.65 Å². The summed E-state index contributed by atoms with van der Waals surface area (Å²) in [6.07, 6.45) is 0. The zero-order chi connectivity index (χ0) is 16.7. The Hall–Kier alpha value is -2.41. The molecule has 3 rings (SSSR count). The van der Waals surface area contributed by atoms with Crippen molar-refractivity contribution in [1.82, 2.24) is 19.7 Å². The number of anilines is 2. The number of hydrogen-bond donors (Lipinski definition) is 2. The van der Waals surface area contributed by atoms with Gasteiger partial charge >= 0.3 is 0 Å². The number of hydrogen-bond acceptors (Lipinski definition) is 5. The van der Waals surface area contributed by atoms with Gasteiger partial charge < -0.3 is 11.1 Å². The summed E-state index contributed by atoms with van der Waals surface area (Å²) in [6, 6.07) is 4.57. The van der Waals surface area contributed by atoms with Crippen LogP contribution < -0.4 is 11.1 Å². The largest absolute Gasteiger partial charge is 0.383 e. The summed E-state index contributed by atoms with van der Waals surface area (Å²) in [6.45, 7) is 3.96. The fourth-order valence-corrected chi connectivity index (χ4v) is 2.47. The predicted molar refractivity (Wildman–Crippen MR) is 89.9 cm³/mol. The Morgan fingerprint density at radius 1 is 1.30 bits per heavy atom. The highest BCUT2D eigenvalue weighted by Crippen LogP contribution is 2.32. The molecule has 6 nitrogen and oxygen atoms in total. The number of nitrogen functional groups attached to an aromatic ring is 1. The molecule has 1 aromatic carbocycles. The SMILES string of the molecule is CC(C)Nc1nc(-c2ccc(F)c(Cl)c2)c2c(N)n(C)nc2n1. The van der Waals surface area contributed by atoms with Crippen LogP contribution in [-0.4, -0.2) is 25.8 Å². The summed E-state index contributed by atoms with van der Waals surface area (Å²) in [5.74, 6) is 0.382. The number of nitrogens with one attached hydrogen (secondary N) is 1. The van der Waals surface area contributed by atoms with Crippen LogP contribution in [0.3, 0.4) is 0 Å². The van der Waals surface area contributed by atoms with Crippen LogP contribution in [-0.2, 0) is 7.05 Å². The number of nitrogens with two attached hydrogens (primary N) is 1. The molecule has 0 aliphatic rings. The zero-order valence-corrected chi connectivity index (χ0v) is 13.7. The van der Waals surface area contributed by atoms with Gasteiger partial charge in [0.1, 0.15) is 11.6 Å². The topological polar surface area (TPSA) is 81.6 Å². The van der Waals surface area contributed by atoms with Gasteiger partial charge in [-0.2, -0.15) is 10.1 Å². The molecule has 0 fully saturated rings. The van der Waals surface area contributed by atoms with Gasteiger partial charge in [-0.25, -0.2) is 9.37 Å². The number of nitrogens with zero attached hydrogens (tertiary/aromatic N) is 4. The van der Waals surface area contributed by atoms with Gasteiger partial charge in [-0.3, -0.25) is 4.68 Å². The van der Waals surface area contributed by atoms with E-state index in [2.05, 4.69) is 20.4 Å². The molecule has 3 N–H and O–H groups in total. The lowest BCUT2D eigenvalue weighted by molar-refractivity contribution is 0.628. The monoisotopic (exact) mass is 334 g/mol. The van der Waals surface area contributed by atoms with E-state index in [1.807, 2.05) is 13.8 Å². The van der Waals surface area contributed by atoms with Crippen molar-refractivity contribution in [2.24, 2.45) is 7.05 Å². The Kier molecular flexibility index (Phi) is 3.81. The van der Waals surface area contributed by atoms with E-state index in [0.29, 0.717) is 34.1 Å². The minimum Gasteiger partial charge on any atom is -0.383 e. The molecule has 3 aromatic rings. The van der Waals surface area contributed by atoms with Gasteiger partial charge in [0.05, 0.1) is 16.1 Å². The van der Waals surface area contributed by atoms with E-state index in [1.165, 1.54) is 16.8 Å². The maximum atomic E-state index is 13.4. The second-order valence-electron chi connectivity index (χ2n) is 5.53. The smallest absolute Gasteiger partial charge is 0.225 e. The molecule has 0 unspecified atom stereocenters. The quantitative estimate of drug-likeness (QED) is 0.768. The van der Waals surface area contributed by atoms with Gasteiger partial charge in [0.25, 0.3) is 0 Å². The fraction of sp³-hybridized carbons (Fsp3) is 0.267. The van der Waals surface area contributed by atoms with Crippen molar-refractivity contribution in [3.05, 3.63) is 29.0 Å². The average Bonchev–Trinajstić information content (AvgIpc) is 2.75. The Morgan fingerprint density at radius 2 is 2.04 bits per heavy atom. The van der Waals surface area contributed by atoms with Crippen LogP contribution >= 0.6 is 11.6 Å². The van der Waals surface area contributed by atoms with Gasteiger partial charge in [-0.05, 0) is 32.0 Å². The van der Waals surface area contributed by atoms with Crippen molar-refractivity contribution in [3.8, 4) is 11.3 Å². The van der Waals surface area contributed by atoms with Crippen LogP contribution in [0.4, 0.5) is 16.2 Å². The average molecular weight is 335 g/mol. The van der Waals surface area contributed by atoms with Crippen LogP contribution in [0.15, 0.2) is 18.2 Å². The third-order valence-electron chi connectivity index (χ3n) is 3.35. The van der Waals surface area contributed by atoms with Crippen molar-refractivity contribution >= 4 is 34.4 Å². The van der Waals surface area contributed by atoms with Crippen molar-refractivity contribution in [3.63, 3.8) is 0 Å². The molecule has 8 heteroatoms. The molecule has 2 aromatic heterocycles. The normalized spacial score (nSPS) is 11.4. The minimum absolute atomic E-state index is 0.0232. The van der Waals surface area contributed by atoms with Crippen LogP contribution in [0.1, 0.15) is 13.8 Å². The van der Waals surface area contributed by atoms with Crippen molar-refractivity contribution in [2.75, 3.05) is 11.1 Å². The van der Waals surface area contributed by atoms with E-state index < -0.39 is 5.82 Å². The van der Waals surface area contributed by atoms with Crippen LogP contribution in [0.2, 0.25) is 5.02 Å². The highest BCUT2D eigenvalue weighted by atomic mass is 35.5. The highest BCUT2D eigenvalue weighted by molar-refractivity contribution is 6.31. The molecule has 2 heterocycles. The number of aromatic nitrogens is 4. The summed E-state index contributed by atoms with van der Waals surface area (Å²) in [5, 5.41) is 8.08. The van der Waals surface area contributed by atoms with Crippen molar-refractivity contribution in [2.45, 2.75) is 19.9 Å². The summed E-state index contributed by atoms with van der Waals surface area (Å²) >= 11 is 5.90. The van der Waals surface area contributed by atoms with Gasteiger partial charge in [-0.1, -0.05) is 11.6 Å². The standard InChI is InChI=1S/C15H16ClFN6/c1-7(2)19-15-20-12(8-4-5-10(17)9(16)6-8)11-13(18)23(3)22-14(11)21-15/h4-7H,18H2,1-3H3,(H,19,21,22).